The van der Waals surface area contributed by atoms with E-state index in [1.165, 1.54) is 4.90 Å². The summed E-state index contributed by atoms with van der Waals surface area (Å²) in [5.74, 6) is -0.0895. The first-order valence-electron chi connectivity index (χ1n) is 4.89. The van der Waals surface area contributed by atoms with Crippen LogP contribution in [0.1, 0.15) is 23.0 Å². The van der Waals surface area contributed by atoms with Crippen molar-refractivity contribution in [3.63, 3.8) is 0 Å². The first-order chi connectivity index (χ1) is 7.15. The molecule has 1 heterocycles. The van der Waals surface area contributed by atoms with E-state index >= 15 is 0 Å². The van der Waals surface area contributed by atoms with Gasteiger partial charge in [-0.2, -0.15) is 0 Å². The van der Waals surface area contributed by atoms with E-state index in [4.69, 9.17) is 4.74 Å². The zero-order valence-corrected chi connectivity index (χ0v) is 9.36. The van der Waals surface area contributed by atoms with E-state index < -0.39 is 0 Å². The standard InChI is InChI=1S/C11H16N2O2/c1-4-15-8-9-5-6-12-10(7-9)11(14)13(2)3/h5-7H,4,8H2,1-3H3. The maximum Gasteiger partial charge on any atom is 0.271 e. The van der Waals surface area contributed by atoms with Gasteiger partial charge < -0.3 is 9.64 Å². The molecule has 1 amide bonds. The molecule has 0 atom stereocenters. The van der Waals surface area contributed by atoms with E-state index in [9.17, 15) is 4.79 Å². The maximum absolute atomic E-state index is 11.6. The van der Waals surface area contributed by atoms with E-state index in [0.29, 0.717) is 18.9 Å². The molecule has 0 aromatic carbocycles. The van der Waals surface area contributed by atoms with Crippen molar-refractivity contribution in [2.24, 2.45) is 0 Å². The van der Waals surface area contributed by atoms with Crippen LogP contribution in [0.5, 0.6) is 0 Å². The van der Waals surface area contributed by atoms with Crippen LogP contribution < -0.4 is 0 Å². The topological polar surface area (TPSA) is 42.4 Å². The minimum atomic E-state index is -0.0895. The molecule has 0 saturated carbocycles. The number of nitrogens with zero attached hydrogens (tertiary/aromatic N) is 2. The van der Waals surface area contributed by atoms with E-state index in [2.05, 4.69) is 4.98 Å². The normalized spacial score (nSPS) is 10.1. The van der Waals surface area contributed by atoms with Crippen LogP contribution in [-0.2, 0) is 11.3 Å². The third-order valence-electron chi connectivity index (χ3n) is 1.92. The Kier molecular flexibility index (Phi) is 4.24. The molecule has 1 rings (SSSR count). The number of carbonyl (C=O) groups excluding carboxylic acids is 1. The third-order valence-corrected chi connectivity index (χ3v) is 1.92. The number of hydrogen-bond acceptors (Lipinski definition) is 3. The molecule has 0 saturated heterocycles. The van der Waals surface area contributed by atoms with Crippen LogP contribution in [-0.4, -0.2) is 36.5 Å². The fourth-order valence-electron chi connectivity index (χ4n) is 1.13. The van der Waals surface area contributed by atoms with Crippen LogP contribution >= 0.6 is 0 Å². The van der Waals surface area contributed by atoms with Gasteiger partial charge in [0.15, 0.2) is 0 Å². The summed E-state index contributed by atoms with van der Waals surface area (Å²) in [5, 5.41) is 0. The minimum Gasteiger partial charge on any atom is -0.377 e. The average Bonchev–Trinajstić information content (AvgIpc) is 2.25. The number of hydrogen-bond donors (Lipinski definition) is 0. The maximum atomic E-state index is 11.6. The molecular weight excluding hydrogens is 192 g/mol. The van der Waals surface area contributed by atoms with Crippen molar-refractivity contribution in [3.05, 3.63) is 29.6 Å². The van der Waals surface area contributed by atoms with Crippen molar-refractivity contribution in [1.82, 2.24) is 9.88 Å². The molecule has 1 aromatic rings. The number of pyridine rings is 1. The SMILES string of the molecule is CCOCc1ccnc(C(=O)N(C)C)c1. The molecule has 0 N–H and O–H groups in total. The average molecular weight is 208 g/mol. The Hall–Kier alpha value is -1.42. The predicted octanol–water partition coefficient (Wildman–Crippen LogP) is 1.32. The lowest BCUT2D eigenvalue weighted by Crippen LogP contribution is -2.22. The van der Waals surface area contributed by atoms with E-state index in [-0.39, 0.29) is 5.91 Å². The fraction of sp³-hybridized carbons (Fsp3) is 0.455. The Morgan fingerprint density at radius 3 is 2.87 bits per heavy atom. The summed E-state index contributed by atoms with van der Waals surface area (Å²) in [4.78, 5) is 17.1. The molecule has 82 valence electrons. The molecule has 0 aliphatic carbocycles. The van der Waals surface area contributed by atoms with Gasteiger partial charge in [0.1, 0.15) is 5.69 Å². The molecule has 0 radical (unpaired) electrons. The zero-order chi connectivity index (χ0) is 11.3. The summed E-state index contributed by atoms with van der Waals surface area (Å²) < 4.78 is 5.26. The van der Waals surface area contributed by atoms with E-state index in [1.807, 2.05) is 13.0 Å². The molecule has 0 aliphatic rings. The summed E-state index contributed by atoms with van der Waals surface area (Å²) in [5.41, 5.74) is 1.43. The van der Waals surface area contributed by atoms with Crippen molar-refractivity contribution in [1.29, 1.82) is 0 Å². The van der Waals surface area contributed by atoms with Crippen LogP contribution in [0.3, 0.4) is 0 Å². The van der Waals surface area contributed by atoms with Gasteiger partial charge in [-0.15, -0.1) is 0 Å². The van der Waals surface area contributed by atoms with Gasteiger partial charge in [-0.1, -0.05) is 0 Å². The van der Waals surface area contributed by atoms with Crippen LogP contribution in [0.25, 0.3) is 0 Å². The number of amides is 1. The highest BCUT2D eigenvalue weighted by molar-refractivity contribution is 5.92. The van der Waals surface area contributed by atoms with E-state index in [0.717, 1.165) is 5.56 Å². The van der Waals surface area contributed by atoms with Gasteiger partial charge in [-0.3, -0.25) is 9.78 Å². The first-order valence-corrected chi connectivity index (χ1v) is 4.89. The molecule has 0 fully saturated rings. The van der Waals surface area contributed by atoms with Crippen molar-refractivity contribution in [2.75, 3.05) is 20.7 Å². The van der Waals surface area contributed by atoms with Crippen LogP contribution in [0, 0.1) is 0 Å². The van der Waals surface area contributed by atoms with Crippen molar-refractivity contribution in [2.45, 2.75) is 13.5 Å². The second-order valence-electron chi connectivity index (χ2n) is 3.39. The summed E-state index contributed by atoms with van der Waals surface area (Å²) in [6.45, 7) is 3.12. The highest BCUT2D eigenvalue weighted by Crippen LogP contribution is 2.05. The number of rotatable bonds is 4. The smallest absolute Gasteiger partial charge is 0.271 e. The second kappa shape index (κ2) is 5.46. The Labute approximate surface area is 89.9 Å². The summed E-state index contributed by atoms with van der Waals surface area (Å²) in [6, 6.07) is 3.61. The summed E-state index contributed by atoms with van der Waals surface area (Å²) >= 11 is 0. The van der Waals surface area contributed by atoms with Gasteiger partial charge in [0.05, 0.1) is 6.61 Å². The number of carbonyl (C=O) groups is 1. The largest absolute Gasteiger partial charge is 0.377 e. The van der Waals surface area contributed by atoms with E-state index in [1.54, 1.807) is 26.4 Å². The molecular formula is C11H16N2O2. The lowest BCUT2D eigenvalue weighted by molar-refractivity contribution is 0.0821. The lowest BCUT2D eigenvalue weighted by Gasteiger charge is -2.10. The Bertz CT molecular complexity index is 337. The second-order valence-corrected chi connectivity index (χ2v) is 3.39. The quantitative estimate of drug-likeness (QED) is 0.749. The monoisotopic (exact) mass is 208 g/mol. The van der Waals surface area contributed by atoms with Gasteiger partial charge in [-0.25, -0.2) is 0 Å². The van der Waals surface area contributed by atoms with Gasteiger partial charge >= 0.3 is 0 Å². The summed E-state index contributed by atoms with van der Waals surface area (Å²) in [6.07, 6.45) is 1.63. The summed E-state index contributed by atoms with van der Waals surface area (Å²) in [7, 11) is 3.42. The molecule has 1 aromatic heterocycles. The van der Waals surface area contributed by atoms with Crippen molar-refractivity contribution in [3.8, 4) is 0 Å². The first kappa shape index (κ1) is 11.7. The lowest BCUT2D eigenvalue weighted by atomic mass is 10.2. The molecule has 4 nitrogen and oxygen atoms in total. The van der Waals surface area contributed by atoms with Crippen LogP contribution in [0.15, 0.2) is 18.3 Å². The van der Waals surface area contributed by atoms with Gasteiger partial charge in [0.25, 0.3) is 5.91 Å². The predicted molar refractivity (Wildman–Crippen MR) is 57.6 cm³/mol. The molecule has 0 aliphatic heterocycles. The van der Waals surface area contributed by atoms with Crippen molar-refractivity contribution < 1.29 is 9.53 Å². The molecule has 4 heteroatoms. The minimum absolute atomic E-state index is 0.0895. The molecule has 0 spiro atoms. The van der Waals surface area contributed by atoms with Crippen molar-refractivity contribution >= 4 is 5.91 Å². The van der Waals surface area contributed by atoms with Gasteiger partial charge in [-0.05, 0) is 24.6 Å². The Balaban J connectivity index is 2.78. The molecule has 15 heavy (non-hydrogen) atoms. The number of ether oxygens (including phenoxy) is 1. The number of aromatic nitrogens is 1. The molecule has 0 unspecified atom stereocenters. The third kappa shape index (κ3) is 3.32. The zero-order valence-electron chi connectivity index (χ0n) is 9.36. The molecule has 0 bridgehead atoms. The van der Waals surface area contributed by atoms with Crippen LogP contribution in [0.4, 0.5) is 0 Å². The van der Waals surface area contributed by atoms with Gasteiger partial charge in [0.2, 0.25) is 0 Å². The highest BCUT2D eigenvalue weighted by Gasteiger charge is 2.09. The van der Waals surface area contributed by atoms with Crippen LogP contribution in [0.2, 0.25) is 0 Å². The Morgan fingerprint density at radius 1 is 1.53 bits per heavy atom. The fourth-order valence-corrected chi connectivity index (χ4v) is 1.13. The highest BCUT2D eigenvalue weighted by atomic mass is 16.5. The van der Waals surface area contributed by atoms with Gasteiger partial charge in [0, 0.05) is 26.9 Å². The Morgan fingerprint density at radius 2 is 2.27 bits per heavy atom.